The molecule has 7 heteroatoms. The number of nitro benzene ring substituents is 1. The molecule has 2 aromatic carbocycles. The standard InChI is InChI=1S/C19H20N2O5/c1-14(15-5-3-2-4-6-15)26-19(22)16-7-8-17(18(13-16)21(23)24)20-9-11-25-12-10-20/h2-8,13-14H,9-12H2,1H3/t14-/m0/s1. The summed E-state index contributed by atoms with van der Waals surface area (Å²) in [5.74, 6) is -0.585. The first-order valence-electron chi connectivity index (χ1n) is 8.43. The zero-order chi connectivity index (χ0) is 18.5. The number of hydrogen-bond donors (Lipinski definition) is 0. The first kappa shape index (κ1) is 17.9. The largest absolute Gasteiger partial charge is 0.454 e. The Morgan fingerprint density at radius 1 is 1.19 bits per heavy atom. The number of anilines is 1. The Morgan fingerprint density at radius 2 is 1.88 bits per heavy atom. The summed E-state index contributed by atoms with van der Waals surface area (Å²) in [6.45, 7) is 3.97. The summed E-state index contributed by atoms with van der Waals surface area (Å²) in [4.78, 5) is 25.3. The molecule has 0 amide bonds. The highest BCUT2D eigenvalue weighted by atomic mass is 16.6. The molecular weight excluding hydrogens is 336 g/mol. The molecule has 136 valence electrons. The smallest absolute Gasteiger partial charge is 0.338 e. The van der Waals surface area contributed by atoms with Gasteiger partial charge in [0.2, 0.25) is 0 Å². The van der Waals surface area contributed by atoms with Gasteiger partial charge in [-0.2, -0.15) is 0 Å². The van der Waals surface area contributed by atoms with Crippen LogP contribution in [0.3, 0.4) is 0 Å². The molecule has 0 aromatic heterocycles. The molecule has 26 heavy (non-hydrogen) atoms. The third-order valence-electron chi connectivity index (χ3n) is 4.31. The van der Waals surface area contributed by atoms with Crippen LogP contribution in [0.2, 0.25) is 0 Å². The van der Waals surface area contributed by atoms with E-state index >= 15 is 0 Å². The fourth-order valence-electron chi connectivity index (χ4n) is 2.89. The van der Waals surface area contributed by atoms with Crippen LogP contribution in [0.5, 0.6) is 0 Å². The van der Waals surface area contributed by atoms with Crippen LogP contribution in [0.4, 0.5) is 11.4 Å². The van der Waals surface area contributed by atoms with Gasteiger partial charge in [-0.15, -0.1) is 0 Å². The molecule has 0 spiro atoms. The number of esters is 1. The predicted octanol–water partition coefficient (Wildman–Crippen LogP) is 3.35. The van der Waals surface area contributed by atoms with Crippen LogP contribution in [-0.4, -0.2) is 37.2 Å². The van der Waals surface area contributed by atoms with Gasteiger partial charge >= 0.3 is 5.97 Å². The van der Waals surface area contributed by atoms with Crippen LogP contribution in [0, 0.1) is 10.1 Å². The van der Waals surface area contributed by atoms with Gasteiger partial charge in [0.15, 0.2) is 0 Å². The van der Waals surface area contributed by atoms with E-state index < -0.39 is 17.0 Å². The maximum absolute atomic E-state index is 12.4. The van der Waals surface area contributed by atoms with Crippen LogP contribution in [0.25, 0.3) is 0 Å². The molecular formula is C19H20N2O5. The van der Waals surface area contributed by atoms with Crippen molar-refractivity contribution < 1.29 is 19.2 Å². The van der Waals surface area contributed by atoms with Gasteiger partial charge in [0, 0.05) is 19.2 Å². The second-order valence-corrected chi connectivity index (χ2v) is 6.02. The number of hydrogen-bond acceptors (Lipinski definition) is 6. The van der Waals surface area contributed by atoms with Gasteiger partial charge in [0.05, 0.1) is 23.7 Å². The fourth-order valence-corrected chi connectivity index (χ4v) is 2.89. The van der Waals surface area contributed by atoms with Crippen molar-refractivity contribution >= 4 is 17.3 Å². The van der Waals surface area contributed by atoms with Gasteiger partial charge < -0.3 is 14.4 Å². The number of morpholine rings is 1. The van der Waals surface area contributed by atoms with Gasteiger partial charge in [-0.1, -0.05) is 30.3 Å². The Bertz CT molecular complexity index is 788. The molecule has 1 aliphatic heterocycles. The van der Waals surface area contributed by atoms with Crippen LogP contribution in [-0.2, 0) is 9.47 Å². The first-order valence-corrected chi connectivity index (χ1v) is 8.43. The van der Waals surface area contributed by atoms with E-state index in [1.165, 1.54) is 6.07 Å². The lowest BCUT2D eigenvalue weighted by atomic mass is 10.1. The molecule has 0 aliphatic carbocycles. The molecule has 1 fully saturated rings. The number of ether oxygens (including phenoxy) is 2. The Kier molecular flexibility index (Phi) is 5.48. The Labute approximate surface area is 151 Å². The average molecular weight is 356 g/mol. The summed E-state index contributed by atoms with van der Waals surface area (Å²) in [5.41, 5.74) is 1.41. The molecule has 7 nitrogen and oxygen atoms in total. The van der Waals surface area contributed by atoms with E-state index in [0.29, 0.717) is 32.0 Å². The molecule has 0 saturated carbocycles. The summed E-state index contributed by atoms with van der Waals surface area (Å²) in [6, 6.07) is 13.8. The van der Waals surface area contributed by atoms with Crippen molar-refractivity contribution in [3.05, 3.63) is 69.8 Å². The molecule has 1 saturated heterocycles. The van der Waals surface area contributed by atoms with E-state index in [-0.39, 0.29) is 11.3 Å². The van der Waals surface area contributed by atoms with Crippen molar-refractivity contribution in [2.45, 2.75) is 13.0 Å². The number of nitrogens with zero attached hydrogens (tertiary/aromatic N) is 2. The van der Waals surface area contributed by atoms with Crippen molar-refractivity contribution in [1.82, 2.24) is 0 Å². The van der Waals surface area contributed by atoms with E-state index in [1.54, 1.807) is 19.1 Å². The molecule has 0 radical (unpaired) electrons. The van der Waals surface area contributed by atoms with Gasteiger partial charge in [-0.3, -0.25) is 10.1 Å². The normalized spacial score (nSPS) is 15.3. The zero-order valence-electron chi connectivity index (χ0n) is 14.5. The quantitative estimate of drug-likeness (QED) is 0.464. The first-order chi connectivity index (χ1) is 12.6. The van der Waals surface area contributed by atoms with Crippen LogP contribution < -0.4 is 4.90 Å². The minimum Gasteiger partial charge on any atom is -0.454 e. The number of nitro groups is 1. The van der Waals surface area contributed by atoms with Crippen LogP contribution in [0.1, 0.15) is 28.9 Å². The average Bonchev–Trinajstić information content (AvgIpc) is 2.68. The second kappa shape index (κ2) is 7.97. The van der Waals surface area contributed by atoms with Gasteiger partial charge in [0.25, 0.3) is 5.69 Å². The minimum absolute atomic E-state index is 0.103. The number of rotatable bonds is 5. The Hall–Kier alpha value is -2.93. The Balaban J connectivity index is 1.80. The van der Waals surface area contributed by atoms with E-state index in [2.05, 4.69) is 0 Å². The highest BCUT2D eigenvalue weighted by Crippen LogP contribution is 2.30. The van der Waals surface area contributed by atoms with E-state index in [1.807, 2.05) is 35.2 Å². The summed E-state index contributed by atoms with van der Waals surface area (Å²) in [7, 11) is 0. The summed E-state index contributed by atoms with van der Waals surface area (Å²) in [6.07, 6.45) is -0.443. The fraction of sp³-hybridized carbons (Fsp3) is 0.316. The molecule has 0 N–H and O–H groups in total. The maximum Gasteiger partial charge on any atom is 0.338 e. The van der Waals surface area contributed by atoms with Gasteiger partial charge in [-0.25, -0.2) is 4.79 Å². The van der Waals surface area contributed by atoms with Gasteiger partial charge in [0.1, 0.15) is 11.8 Å². The molecule has 3 rings (SSSR count). The number of carbonyl (C=O) groups is 1. The minimum atomic E-state index is -0.585. The second-order valence-electron chi connectivity index (χ2n) is 6.02. The molecule has 1 aliphatic rings. The topological polar surface area (TPSA) is 81.9 Å². The molecule has 1 heterocycles. The van der Waals surface area contributed by atoms with Crippen LogP contribution in [0.15, 0.2) is 48.5 Å². The van der Waals surface area contributed by atoms with Crippen molar-refractivity contribution in [3.8, 4) is 0 Å². The van der Waals surface area contributed by atoms with E-state index in [9.17, 15) is 14.9 Å². The van der Waals surface area contributed by atoms with E-state index in [4.69, 9.17) is 9.47 Å². The van der Waals surface area contributed by atoms with Gasteiger partial charge in [-0.05, 0) is 24.6 Å². The SMILES string of the molecule is C[C@H](OC(=O)c1ccc(N2CCOCC2)c([N+](=O)[O-])c1)c1ccccc1. The molecule has 1 atom stereocenters. The summed E-state index contributed by atoms with van der Waals surface area (Å²) < 4.78 is 10.7. The Morgan fingerprint density at radius 3 is 2.54 bits per heavy atom. The maximum atomic E-state index is 12.4. The van der Waals surface area contributed by atoms with Crippen molar-refractivity contribution in [2.24, 2.45) is 0 Å². The van der Waals surface area contributed by atoms with Crippen LogP contribution >= 0.6 is 0 Å². The lowest BCUT2D eigenvalue weighted by molar-refractivity contribution is -0.384. The highest BCUT2D eigenvalue weighted by molar-refractivity contribution is 5.91. The lowest BCUT2D eigenvalue weighted by Crippen LogP contribution is -2.36. The van der Waals surface area contributed by atoms with Crippen molar-refractivity contribution in [1.29, 1.82) is 0 Å². The third-order valence-corrected chi connectivity index (χ3v) is 4.31. The summed E-state index contributed by atoms with van der Waals surface area (Å²) >= 11 is 0. The molecule has 0 bridgehead atoms. The third kappa shape index (κ3) is 4.00. The molecule has 0 unspecified atom stereocenters. The van der Waals surface area contributed by atoms with Crippen molar-refractivity contribution in [3.63, 3.8) is 0 Å². The lowest BCUT2D eigenvalue weighted by Gasteiger charge is -2.28. The zero-order valence-corrected chi connectivity index (χ0v) is 14.5. The predicted molar refractivity (Wildman–Crippen MR) is 96.4 cm³/mol. The number of carbonyl (C=O) groups excluding carboxylic acids is 1. The summed E-state index contributed by atoms with van der Waals surface area (Å²) in [5, 5.41) is 11.5. The number of benzene rings is 2. The van der Waals surface area contributed by atoms with Crippen molar-refractivity contribution in [2.75, 3.05) is 31.2 Å². The highest BCUT2D eigenvalue weighted by Gasteiger charge is 2.24. The van der Waals surface area contributed by atoms with E-state index in [0.717, 1.165) is 5.56 Å². The molecule has 2 aromatic rings. The monoisotopic (exact) mass is 356 g/mol.